The van der Waals surface area contributed by atoms with Crippen molar-refractivity contribution in [3.05, 3.63) is 33.4 Å². The van der Waals surface area contributed by atoms with Gasteiger partial charge in [0.15, 0.2) is 6.61 Å². The van der Waals surface area contributed by atoms with Crippen LogP contribution in [0.3, 0.4) is 0 Å². The van der Waals surface area contributed by atoms with Gasteiger partial charge >= 0.3 is 5.97 Å². The van der Waals surface area contributed by atoms with E-state index in [9.17, 15) is 9.59 Å². The van der Waals surface area contributed by atoms with Crippen LogP contribution in [0.4, 0.5) is 0 Å². The molecule has 0 atom stereocenters. The highest BCUT2D eigenvalue weighted by atomic mass is 127. The molecule has 0 aromatic heterocycles. The Morgan fingerprint density at radius 1 is 1.26 bits per heavy atom. The molecule has 0 aliphatic rings. The van der Waals surface area contributed by atoms with Crippen molar-refractivity contribution in [2.24, 2.45) is 0 Å². The molecular weight excluding hydrogens is 357 g/mol. The molecule has 1 rings (SSSR count). The van der Waals surface area contributed by atoms with Crippen LogP contribution in [0.25, 0.3) is 0 Å². The molecule has 19 heavy (non-hydrogen) atoms. The summed E-state index contributed by atoms with van der Waals surface area (Å²) in [6.45, 7) is 3.78. The summed E-state index contributed by atoms with van der Waals surface area (Å²) in [7, 11) is 0. The maximum absolute atomic E-state index is 11.8. The van der Waals surface area contributed by atoms with Crippen LogP contribution in [0.2, 0.25) is 0 Å². The van der Waals surface area contributed by atoms with Gasteiger partial charge in [0, 0.05) is 9.61 Å². The Morgan fingerprint density at radius 2 is 1.89 bits per heavy atom. The van der Waals surface area contributed by atoms with Crippen LogP contribution < -0.4 is 5.32 Å². The van der Waals surface area contributed by atoms with E-state index in [0.717, 1.165) is 16.4 Å². The molecule has 0 aliphatic heterocycles. The number of nitrogens with one attached hydrogen (secondary N) is 1. The van der Waals surface area contributed by atoms with Gasteiger partial charge in [-0.3, -0.25) is 4.79 Å². The van der Waals surface area contributed by atoms with Gasteiger partial charge in [-0.05, 0) is 47.6 Å². The van der Waals surface area contributed by atoms with Crippen molar-refractivity contribution >= 4 is 34.5 Å². The third-order valence-corrected chi connectivity index (χ3v) is 3.72. The summed E-state index contributed by atoms with van der Waals surface area (Å²) >= 11 is 2.06. The van der Waals surface area contributed by atoms with E-state index in [2.05, 4.69) is 27.9 Å². The van der Waals surface area contributed by atoms with Crippen molar-refractivity contribution in [2.45, 2.75) is 32.7 Å². The largest absolute Gasteiger partial charge is 0.452 e. The van der Waals surface area contributed by atoms with E-state index in [1.807, 2.05) is 26.0 Å². The molecule has 5 heteroatoms. The van der Waals surface area contributed by atoms with Crippen LogP contribution >= 0.6 is 22.6 Å². The number of carbonyl (C=O) groups is 2. The van der Waals surface area contributed by atoms with Gasteiger partial charge < -0.3 is 10.1 Å². The highest BCUT2D eigenvalue weighted by molar-refractivity contribution is 14.1. The summed E-state index contributed by atoms with van der Waals surface area (Å²) in [6.07, 6.45) is 1.74. The quantitative estimate of drug-likeness (QED) is 0.615. The third-order valence-electron chi connectivity index (χ3n) is 2.78. The predicted octanol–water partition coefficient (Wildman–Crippen LogP) is 2.75. The lowest BCUT2D eigenvalue weighted by Crippen LogP contribution is -2.36. The van der Waals surface area contributed by atoms with Crippen LogP contribution in [0.15, 0.2) is 24.3 Å². The summed E-state index contributed by atoms with van der Waals surface area (Å²) in [5.41, 5.74) is 0.485. The van der Waals surface area contributed by atoms with Crippen LogP contribution in [-0.2, 0) is 9.53 Å². The molecule has 0 bridgehead atoms. The SMILES string of the molecule is CCC(CC)NC(=O)COC(=O)c1ccccc1I. The van der Waals surface area contributed by atoms with Gasteiger partial charge in [-0.15, -0.1) is 0 Å². The topological polar surface area (TPSA) is 55.4 Å². The van der Waals surface area contributed by atoms with Crippen molar-refractivity contribution < 1.29 is 14.3 Å². The van der Waals surface area contributed by atoms with Gasteiger partial charge in [0.05, 0.1) is 5.56 Å². The van der Waals surface area contributed by atoms with E-state index in [1.165, 1.54) is 0 Å². The highest BCUT2D eigenvalue weighted by Gasteiger charge is 2.14. The number of halogens is 1. The average Bonchev–Trinajstić information content (AvgIpc) is 2.42. The van der Waals surface area contributed by atoms with E-state index in [1.54, 1.807) is 12.1 Å². The minimum absolute atomic E-state index is 0.142. The summed E-state index contributed by atoms with van der Waals surface area (Å²) in [4.78, 5) is 23.4. The molecule has 0 saturated heterocycles. The Bertz CT molecular complexity index is 444. The fraction of sp³-hybridized carbons (Fsp3) is 0.429. The van der Waals surface area contributed by atoms with E-state index < -0.39 is 5.97 Å². The molecule has 104 valence electrons. The molecule has 4 nitrogen and oxygen atoms in total. The number of amides is 1. The standard InChI is InChI=1S/C14H18INO3/c1-3-10(4-2)16-13(17)9-19-14(18)11-7-5-6-8-12(11)15/h5-8,10H,3-4,9H2,1-2H3,(H,16,17). The first kappa shape index (κ1) is 15.9. The maximum Gasteiger partial charge on any atom is 0.339 e. The normalized spacial score (nSPS) is 10.3. The Labute approximate surface area is 127 Å². The minimum Gasteiger partial charge on any atom is -0.452 e. The highest BCUT2D eigenvalue weighted by Crippen LogP contribution is 2.12. The Hall–Kier alpha value is -1.11. The molecule has 0 unspecified atom stereocenters. The van der Waals surface area contributed by atoms with Crippen LogP contribution in [0, 0.1) is 3.57 Å². The number of esters is 1. The molecule has 0 saturated carbocycles. The number of ether oxygens (including phenoxy) is 1. The van der Waals surface area contributed by atoms with Gasteiger partial charge in [0.1, 0.15) is 0 Å². The molecule has 1 aromatic carbocycles. The van der Waals surface area contributed by atoms with Crippen molar-refractivity contribution in [3.63, 3.8) is 0 Å². The smallest absolute Gasteiger partial charge is 0.339 e. The molecule has 0 spiro atoms. The van der Waals surface area contributed by atoms with Gasteiger partial charge in [-0.2, -0.15) is 0 Å². The fourth-order valence-corrected chi connectivity index (χ4v) is 2.21. The molecule has 0 aliphatic carbocycles. The average molecular weight is 375 g/mol. The molecule has 1 aromatic rings. The lowest BCUT2D eigenvalue weighted by Gasteiger charge is -2.14. The number of carbonyl (C=O) groups excluding carboxylic acids is 2. The van der Waals surface area contributed by atoms with Crippen LogP contribution in [0.5, 0.6) is 0 Å². The summed E-state index contributed by atoms with van der Waals surface area (Å²) in [5.74, 6) is -0.724. The summed E-state index contributed by atoms with van der Waals surface area (Å²) < 4.78 is 5.82. The maximum atomic E-state index is 11.8. The lowest BCUT2D eigenvalue weighted by molar-refractivity contribution is -0.125. The fourth-order valence-electron chi connectivity index (χ4n) is 1.60. The van der Waals surface area contributed by atoms with Crippen LogP contribution in [-0.4, -0.2) is 24.5 Å². The number of rotatable bonds is 6. The second kappa shape index (κ2) is 8.14. The number of benzene rings is 1. The van der Waals surface area contributed by atoms with Crippen molar-refractivity contribution in [2.75, 3.05) is 6.61 Å². The Morgan fingerprint density at radius 3 is 2.47 bits per heavy atom. The van der Waals surface area contributed by atoms with Gasteiger partial charge in [-0.25, -0.2) is 4.79 Å². The first-order chi connectivity index (χ1) is 9.08. The number of hydrogen-bond acceptors (Lipinski definition) is 3. The molecule has 1 N–H and O–H groups in total. The zero-order valence-corrected chi connectivity index (χ0v) is 13.3. The van der Waals surface area contributed by atoms with E-state index >= 15 is 0 Å². The van der Waals surface area contributed by atoms with Gasteiger partial charge in [0.2, 0.25) is 0 Å². The van der Waals surface area contributed by atoms with Gasteiger partial charge in [-0.1, -0.05) is 26.0 Å². The van der Waals surface area contributed by atoms with Gasteiger partial charge in [0.25, 0.3) is 5.91 Å². The molecule has 0 fully saturated rings. The summed E-state index contributed by atoms with van der Waals surface area (Å²) in [5, 5.41) is 2.82. The monoisotopic (exact) mass is 375 g/mol. The number of hydrogen-bond donors (Lipinski definition) is 1. The van der Waals surface area contributed by atoms with E-state index in [4.69, 9.17) is 4.74 Å². The molecule has 1 amide bonds. The molecule has 0 heterocycles. The van der Waals surface area contributed by atoms with Crippen molar-refractivity contribution in [1.82, 2.24) is 5.32 Å². The first-order valence-corrected chi connectivity index (χ1v) is 7.37. The predicted molar refractivity (Wildman–Crippen MR) is 82.0 cm³/mol. The lowest BCUT2D eigenvalue weighted by atomic mass is 10.2. The zero-order chi connectivity index (χ0) is 14.3. The van der Waals surface area contributed by atoms with Crippen molar-refractivity contribution in [1.29, 1.82) is 0 Å². The van der Waals surface area contributed by atoms with E-state index in [-0.39, 0.29) is 18.6 Å². The first-order valence-electron chi connectivity index (χ1n) is 6.29. The molecule has 0 radical (unpaired) electrons. The second-order valence-electron chi connectivity index (χ2n) is 4.14. The van der Waals surface area contributed by atoms with E-state index in [0.29, 0.717) is 5.56 Å². The minimum atomic E-state index is -0.468. The summed E-state index contributed by atoms with van der Waals surface area (Å²) in [6, 6.07) is 7.26. The Balaban J connectivity index is 2.47. The molecular formula is C14H18INO3. The van der Waals surface area contributed by atoms with Crippen LogP contribution in [0.1, 0.15) is 37.0 Å². The van der Waals surface area contributed by atoms with Crippen molar-refractivity contribution in [3.8, 4) is 0 Å². The third kappa shape index (κ3) is 5.18. The second-order valence-corrected chi connectivity index (χ2v) is 5.30. The Kier molecular flexibility index (Phi) is 6.83. The zero-order valence-electron chi connectivity index (χ0n) is 11.1.